The summed E-state index contributed by atoms with van der Waals surface area (Å²) < 4.78 is 7.35. The van der Waals surface area contributed by atoms with Crippen LogP contribution in [0.1, 0.15) is 37.3 Å². The van der Waals surface area contributed by atoms with Crippen molar-refractivity contribution < 1.29 is 14.3 Å². The molecule has 0 spiro atoms. The van der Waals surface area contributed by atoms with Crippen LogP contribution in [-0.2, 0) is 18.4 Å². The Labute approximate surface area is 146 Å². The molecule has 0 unspecified atom stereocenters. The second-order valence-corrected chi connectivity index (χ2v) is 6.79. The highest BCUT2D eigenvalue weighted by molar-refractivity contribution is 5.72. The van der Waals surface area contributed by atoms with Gasteiger partial charge in [0.05, 0.1) is 18.9 Å². The van der Waals surface area contributed by atoms with Gasteiger partial charge in [0.25, 0.3) is 0 Å². The highest BCUT2D eigenvalue weighted by atomic mass is 16.3. The molecule has 2 aromatic heterocycles. The van der Waals surface area contributed by atoms with E-state index in [9.17, 15) is 9.90 Å². The second-order valence-electron chi connectivity index (χ2n) is 6.79. The molecule has 1 amide bonds. The first-order chi connectivity index (χ1) is 12.0. The number of hydrogen-bond donors (Lipinski definition) is 2. The molecule has 2 N–H and O–H groups in total. The van der Waals surface area contributed by atoms with Gasteiger partial charge in [0.2, 0.25) is 11.9 Å². The van der Waals surface area contributed by atoms with E-state index in [2.05, 4.69) is 15.5 Å². The van der Waals surface area contributed by atoms with Gasteiger partial charge < -0.3 is 24.3 Å². The van der Waals surface area contributed by atoms with Crippen molar-refractivity contribution in [3.63, 3.8) is 0 Å². The molecule has 1 fully saturated rings. The number of nitrogens with zero attached hydrogens (tertiary/aromatic N) is 4. The summed E-state index contributed by atoms with van der Waals surface area (Å²) in [5.41, 5.74) is 0. The Bertz CT molecular complexity index is 712. The zero-order valence-corrected chi connectivity index (χ0v) is 14.8. The van der Waals surface area contributed by atoms with Gasteiger partial charge in [-0.05, 0) is 25.0 Å². The van der Waals surface area contributed by atoms with Crippen molar-refractivity contribution in [2.45, 2.75) is 38.3 Å². The van der Waals surface area contributed by atoms with E-state index in [0.717, 1.165) is 24.0 Å². The second kappa shape index (κ2) is 7.26. The average molecular weight is 347 g/mol. The minimum atomic E-state index is -0.433. The van der Waals surface area contributed by atoms with Gasteiger partial charge >= 0.3 is 0 Å². The fraction of sp³-hybridized carbons (Fsp3) is 0.588. The smallest absolute Gasteiger partial charge is 0.227 e. The number of aliphatic hydroxyl groups excluding tert-OH is 1. The minimum Gasteiger partial charge on any atom is -0.467 e. The molecule has 2 aromatic rings. The maximum atomic E-state index is 11.1. The number of carbonyl (C=O) groups is 1. The molecule has 25 heavy (non-hydrogen) atoms. The summed E-state index contributed by atoms with van der Waals surface area (Å²) in [7, 11) is 3.89. The Morgan fingerprint density at radius 3 is 2.96 bits per heavy atom. The lowest BCUT2D eigenvalue weighted by Crippen LogP contribution is -2.30. The quantitative estimate of drug-likeness (QED) is 0.810. The SMILES string of the molecule is CC(=O)NC[C@H]1C[C@H](c2nnc(N(C)Cc3ccco3)n2C)C[C@H]1O. The number of nitrogens with one attached hydrogen (secondary N) is 1. The van der Waals surface area contributed by atoms with Crippen LogP contribution in [0.4, 0.5) is 5.95 Å². The third-order valence-corrected chi connectivity index (χ3v) is 4.84. The van der Waals surface area contributed by atoms with Gasteiger partial charge in [-0.2, -0.15) is 0 Å². The maximum absolute atomic E-state index is 11.1. The van der Waals surface area contributed by atoms with Crippen LogP contribution >= 0.6 is 0 Å². The van der Waals surface area contributed by atoms with Gasteiger partial charge in [-0.15, -0.1) is 10.2 Å². The molecule has 3 atom stereocenters. The third kappa shape index (κ3) is 3.84. The minimum absolute atomic E-state index is 0.0508. The number of aliphatic hydroxyl groups is 1. The Morgan fingerprint density at radius 1 is 1.48 bits per heavy atom. The van der Waals surface area contributed by atoms with Crippen molar-refractivity contribution in [1.82, 2.24) is 20.1 Å². The Morgan fingerprint density at radius 2 is 2.28 bits per heavy atom. The van der Waals surface area contributed by atoms with Gasteiger partial charge in [-0.1, -0.05) is 0 Å². The van der Waals surface area contributed by atoms with Gasteiger partial charge in [0.1, 0.15) is 11.6 Å². The summed E-state index contributed by atoms with van der Waals surface area (Å²) in [6.07, 6.45) is 2.64. The fourth-order valence-corrected chi connectivity index (χ4v) is 3.54. The van der Waals surface area contributed by atoms with Crippen LogP contribution in [0.5, 0.6) is 0 Å². The predicted octanol–water partition coefficient (Wildman–Crippen LogP) is 1.04. The van der Waals surface area contributed by atoms with Crippen LogP contribution in [0.2, 0.25) is 0 Å². The largest absolute Gasteiger partial charge is 0.467 e. The number of aromatic nitrogens is 3. The molecule has 0 saturated heterocycles. The molecule has 1 aliphatic carbocycles. The molecule has 8 nitrogen and oxygen atoms in total. The fourth-order valence-electron chi connectivity index (χ4n) is 3.54. The zero-order valence-electron chi connectivity index (χ0n) is 14.8. The van der Waals surface area contributed by atoms with E-state index in [1.165, 1.54) is 6.92 Å². The number of anilines is 1. The lowest BCUT2D eigenvalue weighted by Gasteiger charge is -2.17. The molecular formula is C17H25N5O3. The van der Waals surface area contributed by atoms with Crippen LogP contribution in [0.25, 0.3) is 0 Å². The maximum Gasteiger partial charge on any atom is 0.227 e. The first kappa shape index (κ1) is 17.5. The van der Waals surface area contributed by atoms with Crippen molar-refractivity contribution in [3.8, 4) is 0 Å². The van der Waals surface area contributed by atoms with Crippen LogP contribution in [0.15, 0.2) is 22.8 Å². The van der Waals surface area contributed by atoms with E-state index in [4.69, 9.17) is 4.42 Å². The van der Waals surface area contributed by atoms with Gasteiger partial charge in [-0.3, -0.25) is 4.79 Å². The molecule has 1 saturated carbocycles. The van der Waals surface area contributed by atoms with Crippen LogP contribution in [0.3, 0.4) is 0 Å². The lowest BCUT2D eigenvalue weighted by molar-refractivity contribution is -0.119. The topological polar surface area (TPSA) is 96.4 Å². The normalized spacial score (nSPS) is 23.0. The highest BCUT2D eigenvalue weighted by Crippen LogP contribution is 2.38. The van der Waals surface area contributed by atoms with Crippen LogP contribution in [0, 0.1) is 5.92 Å². The number of furan rings is 1. The number of amides is 1. The van der Waals surface area contributed by atoms with E-state index >= 15 is 0 Å². The molecule has 2 heterocycles. The van der Waals surface area contributed by atoms with Crippen molar-refractivity contribution in [3.05, 3.63) is 30.0 Å². The third-order valence-electron chi connectivity index (χ3n) is 4.84. The molecule has 1 aliphatic rings. The molecule has 0 bridgehead atoms. The van der Waals surface area contributed by atoms with E-state index in [0.29, 0.717) is 19.5 Å². The monoisotopic (exact) mass is 347 g/mol. The Balaban J connectivity index is 1.67. The van der Waals surface area contributed by atoms with Gasteiger partial charge in [0.15, 0.2) is 0 Å². The number of hydrogen-bond acceptors (Lipinski definition) is 6. The summed E-state index contributed by atoms with van der Waals surface area (Å²) in [5, 5.41) is 21.7. The van der Waals surface area contributed by atoms with E-state index in [-0.39, 0.29) is 17.7 Å². The summed E-state index contributed by atoms with van der Waals surface area (Å²) >= 11 is 0. The first-order valence-electron chi connectivity index (χ1n) is 8.51. The Kier molecular flexibility index (Phi) is 5.08. The molecular weight excluding hydrogens is 322 g/mol. The van der Waals surface area contributed by atoms with Crippen molar-refractivity contribution in [2.24, 2.45) is 13.0 Å². The molecule has 0 aromatic carbocycles. The zero-order chi connectivity index (χ0) is 18.0. The van der Waals surface area contributed by atoms with E-state index in [1.54, 1.807) is 6.26 Å². The number of carbonyl (C=O) groups excluding carboxylic acids is 1. The first-order valence-corrected chi connectivity index (χ1v) is 8.51. The summed E-state index contributed by atoms with van der Waals surface area (Å²) in [5.74, 6) is 2.60. The summed E-state index contributed by atoms with van der Waals surface area (Å²) in [6.45, 7) is 2.59. The van der Waals surface area contributed by atoms with Crippen molar-refractivity contribution >= 4 is 11.9 Å². The molecule has 8 heteroatoms. The summed E-state index contributed by atoms with van der Waals surface area (Å²) in [6, 6.07) is 3.79. The standard InChI is InChI=1S/C17H25N5O3/c1-11(23)18-9-13-7-12(8-15(13)24)16-19-20-17(22(16)3)21(2)10-14-5-4-6-25-14/h4-6,12-13,15,24H,7-10H2,1-3H3,(H,18,23)/t12-,13+,15+/m0/s1. The van der Waals surface area contributed by atoms with Crippen LogP contribution in [-0.4, -0.2) is 45.5 Å². The number of rotatable bonds is 6. The van der Waals surface area contributed by atoms with Gasteiger partial charge in [0, 0.05) is 39.4 Å². The van der Waals surface area contributed by atoms with Crippen LogP contribution < -0.4 is 10.2 Å². The molecule has 3 rings (SSSR count). The van der Waals surface area contributed by atoms with E-state index < -0.39 is 6.10 Å². The van der Waals surface area contributed by atoms with Crippen molar-refractivity contribution in [2.75, 3.05) is 18.5 Å². The van der Waals surface area contributed by atoms with Crippen molar-refractivity contribution in [1.29, 1.82) is 0 Å². The molecule has 0 radical (unpaired) electrons. The van der Waals surface area contributed by atoms with Gasteiger partial charge in [-0.25, -0.2) is 0 Å². The summed E-state index contributed by atoms with van der Waals surface area (Å²) in [4.78, 5) is 13.1. The van der Waals surface area contributed by atoms with E-state index in [1.807, 2.05) is 35.7 Å². The molecule has 0 aliphatic heterocycles. The molecule has 136 valence electrons. The average Bonchev–Trinajstić information content (AvgIpc) is 3.26. The predicted molar refractivity (Wildman–Crippen MR) is 92.0 cm³/mol. The highest BCUT2D eigenvalue weighted by Gasteiger charge is 2.36. The Hall–Kier alpha value is -2.35. The lowest BCUT2D eigenvalue weighted by atomic mass is 10.0.